The van der Waals surface area contributed by atoms with Crippen LogP contribution >= 0.6 is 0 Å². The Morgan fingerprint density at radius 3 is 2.78 bits per heavy atom. The standard InChI is InChI=1S/C27H29F2N5O2/c1-15(2)34-8-9-36-26-22(28)12-19(13-24(26)34)25-23(29)14-30-27(33-25)32-21-7-5-17-10-20(31-16(3)35)6-4-18(17)11-21/h5,7,11-15,20H,4,6,8-10H2,1-3H3,(H,31,35)(H,30,32,33). The van der Waals surface area contributed by atoms with Crippen molar-refractivity contribution in [3.05, 3.63) is 59.3 Å². The summed E-state index contributed by atoms with van der Waals surface area (Å²) in [5.41, 5.74) is 4.08. The molecule has 5 rings (SSSR count). The molecule has 188 valence electrons. The van der Waals surface area contributed by atoms with E-state index in [1.807, 2.05) is 36.9 Å². The van der Waals surface area contributed by atoms with Gasteiger partial charge < -0.3 is 20.3 Å². The molecule has 0 fully saturated rings. The van der Waals surface area contributed by atoms with Crippen molar-refractivity contribution >= 4 is 23.2 Å². The SMILES string of the molecule is CC(=O)NC1CCc2cc(Nc3ncc(F)c(-c4cc(F)c5c(c4)N(C(C)C)CCO5)n3)ccc2C1. The van der Waals surface area contributed by atoms with Crippen molar-refractivity contribution in [2.45, 2.75) is 52.1 Å². The molecule has 1 aromatic heterocycles. The average Bonchev–Trinajstić information content (AvgIpc) is 2.84. The zero-order chi connectivity index (χ0) is 25.4. The minimum Gasteiger partial charge on any atom is -0.486 e. The molecule has 0 spiro atoms. The van der Waals surface area contributed by atoms with Crippen molar-refractivity contribution in [1.29, 1.82) is 0 Å². The average molecular weight is 494 g/mol. The van der Waals surface area contributed by atoms with Crippen molar-refractivity contribution < 1.29 is 18.3 Å². The van der Waals surface area contributed by atoms with Gasteiger partial charge in [0.25, 0.3) is 0 Å². The smallest absolute Gasteiger partial charge is 0.227 e. The van der Waals surface area contributed by atoms with E-state index in [-0.39, 0.29) is 35.4 Å². The van der Waals surface area contributed by atoms with E-state index in [0.717, 1.165) is 31.1 Å². The van der Waals surface area contributed by atoms with Gasteiger partial charge in [0, 0.05) is 30.3 Å². The van der Waals surface area contributed by atoms with Gasteiger partial charge in [0.2, 0.25) is 11.9 Å². The van der Waals surface area contributed by atoms with Crippen molar-refractivity contribution in [2.24, 2.45) is 0 Å². The van der Waals surface area contributed by atoms with Crippen LogP contribution in [-0.4, -0.2) is 41.1 Å². The molecule has 36 heavy (non-hydrogen) atoms. The Bertz CT molecular complexity index is 1310. The van der Waals surface area contributed by atoms with Gasteiger partial charge in [-0.05, 0) is 68.5 Å². The lowest BCUT2D eigenvalue weighted by Gasteiger charge is -2.34. The van der Waals surface area contributed by atoms with Gasteiger partial charge in [0.1, 0.15) is 12.3 Å². The van der Waals surface area contributed by atoms with E-state index < -0.39 is 11.6 Å². The summed E-state index contributed by atoms with van der Waals surface area (Å²) < 4.78 is 35.3. The first-order valence-corrected chi connectivity index (χ1v) is 12.2. The maximum Gasteiger partial charge on any atom is 0.227 e. The molecule has 1 atom stereocenters. The number of hydrogen-bond donors (Lipinski definition) is 2. The number of aromatic nitrogens is 2. The molecule has 0 saturated heterocycles. The molecule has 1 aliphatic heterocycles. The van der Waals surface area contributed by atoms with Crippen LogP contribution in [0.1, 0.15) is 38.3 Å². The number of aryl methyl sites for hydroxylation is 1. The van der Waals surface area contributed by atoms with Gasteiger partial charge in [-0.15, -0.1) is 0 Å². The lowest BCUT2D eigenvalue weighted by Crippen LogP contribution is -2.38. The molecule has 3 aromatic rings. The Labute approximate surface area is 208 Å². The zero-order valence-corrected chi connectivity index (χ0v) is 20.6. The van der Waals surface area contributed by atoms with Gasteiger partial charge in [-0.2, -0.15) is 0 Å². The van der Waals surface area contributed by atoms with Crippen molar-refractivity contribution in [3.8, 4) is 17.0 Å². The minimum absolute atomic E-state index is 0.0135. The molecular weight excluding hydrogens is 464 g/mol. The van der Waals surface area contributed by atoms with Gasteiger partial charge in [0.05, 0.1) is 18.4 Å². The summed E-state index contributed by atoms with van der Waals surface area (Å²) in [6.07, 6.45) is 3.59. The molecule has 2 heterocycles. The van der Waals surface area contributed by atoms with Crippen LogP contribution in [0.3, 0.4) is 0 Å². The number of nitrogens with one attached hydrogen (secondary N) is 2. The fraction of sp³-hybridized carbons (Fsp3) is 0.370. The second kappa shape index (κ2) is 9.72. The summed E-state index contributed by atoms with van der Waals surface area (Å²) in [4.78, 5) is 21.9. The van der Waals surface area contributed by atoms with E-state index in [0.29, 0.717) is 24.4 Å². The van der Waals surface area contributed by atoms with E-state index >= 15 is 0 Å². The van der Waals surface area contributed by atoms with E-state index in [4.69, 9.17) is 4.74 Å². The topological polar surface area (TPSA) is 79.4 Å². The molecule has 2 aromatic carbocycles. The van der Waals surface area contributed by atoms with E-state index in [1.54, 1.807) is 6.07 Å². The van der Waals surface area contributed by atoms with Gasteiger partial charge in [-0.1, -0.05) is 6.07 Å². The number of amides is 1. The monoisotopic (exact) mass is 493 g/mol. The number of anilines is 3. The van der Waals surface area contributed by atoms with Crippen molar-refractivity contribution in [3.63, 3.8) is 0 Å². The summed E-state index contributed by atoms with van der Waals surface area (Å²) in [5.74, 6) is -0.807. The highest BCUT2D eigenvalue weighted by molar-refractivity contribution is 5.74. The fourth-order valence-electron chi connectivity index (χ4n) is 4.98. The number of benzene rings is 2. The molecule has 0 radical (unpaired) electrons. The Morgan fingerprint density at radius 1 is 1.17 bits per heavy atom. The Kier molecular flexibility index (Phi) is 6.47. The summed E-state index contributed by atoms with van der Waals surface area (Å²) in [5, 5.41) is 6.14. The highest BCUT2D eigenvalue weighted by atomic mass is 19.1. The highest BCUT2D eigenvalue weighted by Crippen LogP contribution is 2.39. The van der Waals surface area contributed by atoms with E-state index in [9.17, 15) is 13.6 Å². The van der Waals surface area contributed by atoms with Crippen LogP contribution < -0.4 is 20.3 Å². The molecule has 1 aliphatic carbocycles. The number of halogens is 2. The van der Waals surface area contributed by atoms with Gasteiger partial charge >= 0.3 is 0 Å². The molecule has 7 nitrogen and oxygen atoms in total. The highest BCUT2D eigenvalue weighted by Gasteiger charge is 2.26. The number of carbonyl (C=O) groups is 1. The fourth-order valence-corrected chi connectivity index (χ4v) is 4.98. The molecule has 9 heteroatoms. The molecule has 1 amide bonds. The van der Waals surface area contributed by atoms with Crippen LogP contribution in [0.5, 0.6) is 5.75 Å². The van der Waals surface area contributed by atoms with Crippen molar-refractivity contribution in [2.75, 3.05) is 23.4 Å². The molecule has 2 N–H and O–H groups in total. The Balaban J connectivity index is 1.41. The number of nitrogens with zero attached hydrogens (tertiary/aromatic N) is 3. The summed E-state index contributed by atoms with van der Waals surface area (Å²) >= 11 is 0. The Hall–Kier alpha value is -3.75. The maximum atomic E-state index is 14.9. The van der Waals surface area contributed by atoms with Gasteiger partial charge in [0.15, 0.2) is 17.4 Å². The van der Waals surface area contributed by atoms with E-state index in [2.05, 4.69) is 20.6 Å². The first-order chi connectivity index (χ1) is 17.3. The molecular formula is C27H29F2N5O2. The first kappa shape index (κ1) is 24.0. The third-order valence-corrected chi connectivity index (χ3v) is 6.65. The number of rotatable bonds is 5. The first-order valence-electron chi connectivity index (χ1n) is 12.2. The predicted molar refractivity (Wildman–Crippen MR) is 135 cm³/mol. The molecule has 0 saturated carbocycles. The van der Waals surface area contributed by atoms with Crippen LogP contribution in [0.15, 0.2) is 36.5 Å². The van der Waals surface area contributed by atoms with Crippen LogP contribution in [-0.2, 0) is 17.6 Å². The summed E-state index contributed by atoms with van der Waals surface area (Å²) in [6.45, 7) is 6.59. The third-order valence-electron chi connectivity index (χ3n) is 6.65. The predicted octanol–water partition coefficient (Wildman–Crippen LogP) is 4.77. The number of carbonyl (C=O) groups excluding carboxylic acids is 1. The number of hydrogen-bond acceptors (Lipinski definition) is 6. The molecule has 0 bridgehead atoms. The van der Waals surface area contributed by atoms with Gasteiger partial charge in [-0.3, -0.25) is 4.79 Å². The molecule has 2 aliphatic rings. The largest absolute Gasteiger partial charge is 0.486 e. The van der Waals surface area contributed by atoms with Crippen LogP contribution in [0, 0.1) is 11.6 Å². The minimum atomic E-state index is -0.637. The van der Waals surface area contributed by atoms with Crippen LogP contribution in [0.2, 0.25) is 0 Å². The van der Waals surface area contributed by atoms with Crippen LogP contribution in [0.25, 0.3) is 11.3 Å². The second-order valence-corrected chi connectivity index (χ2v) is 9.58. The third kappa shape index (κ3) is 4.82. The quantitative estimate of drug-likeness (QED) is 0.533. The van der Waals surface area contributed by atoms with Crippen LogP contribution in [0.4, 0.5) is 26.1 Å². The lowest BCUT2D eigenvalue weighted by atomic mass is 9.88. The van der Waals surface area contributed by atoms with Gasteiger partial charge in [-0.25, -0.2) is 18.7 Å². The van der Waals surface area contributed by atoms with E-state index in [1.165, 1.54) is 24.1 Å². The Morgan fingerprint density at radius 2 is 2.00 bits per heavy atom. The van der Waals surface area contributed by atoms with Crippen molar-refractivity contribution in [1.82, 2.24) is 15.3 Å². The zero-order valence-electron chi connectivity index (χ0n) is 20.6. The second-order valence-electron chi connectivity index (χ2n) is 9.58. The summed E-state index contributed by atoms with van der Waals surface area (Å²) in [7, 11) is 0. The maximum absolute atomic E-state index is 14.9. The summed E-state index contributed by atoms with van der Waals surface area (Å²) in [6, 6.07) is 9.22. The lowest BCUT2D eigenvalue weighted by molar-refractivity contribution is -0.119. The number of fused-ring (bicyclic) bond motifs is 2. The number of ether oxygens (including phenoxy) is 1. The molecule has 1 unspecified atom stereocenters. The normalized spacial score (nSPS) is 16.7.